The molecular formula is C43H60F2N2. The molecule has 4 heteroatoms. The fourth-order valence-corrected chi connectivity index (χ4v) is 9.02. The zero-order valence-electron chi connectivity index (χ0n) is 29.4. The van der Waals surface area contributed by atoms with Crippen LogP contribution in [-0.4, -0.2) is 0 Å². The van der Waals surface area contributed by atoms with E-state index in [0.717, 1.165) is 31.1 Å². The van der Waals surface area contributed by atoms with Gasteiger partial charge in [0.1, 0.15) is 11.6 Å². The lowest BCUT2D eigenvalue weighted by Gasteiger charge is -2.41. The highest BCUT2D eigenvalue weighted by Crippen LogP contribution is 2.48. The molecule has 0 bridgehead atoms. The first-order valence-electron chi connectivity index (χ1n) is 19.3. The normalized spacial score (nSPS) is 22.7. The van der Waals surface area contributed by atoms with Gasteiger partial charge in [0.2, 0.25) is 0 Å². The zero-order valence-corrected chi connectivity index (χ0v) is 29.4. The minimum Gasteiger partial charge on any atom is -0.207 e. The number of rotatable bonds is 18. The van der Waals surface area contributed by atoms with Gasteiger partial charge in [-0.05, 0) is 96.6 Å². The van der Waals surface area contributed by atoms with E-state index in [1.165, 1.54) is 121 Å². The number of nitriles is 2. The van der Waals surface area contributed by atoms with Gasteiger partial charge in [0.05, 0.1) is 23.3 Å². The molecule has 2 nitrogen and oxygen atoms in total. The number of halogens is 2. The summed E-state index contributed by atoms with van der Waals surface area (Å²) in [5, 5.41) is 18.9. The predicted molar refractivity (Wildman–Crippen MR) is 190 cm³/mol. The second-order valence-corrected chi connectivity index (χ2v) is 15.2. The van der Waals surface area contributed by atoms with Crippen LogP contribution in [0, 0.1) is 63.9 Å². The van der Waals surface area contributed by atoms with E-state index in [2.05, 4.69) is 26.0 Å². The first-order valence-corrected chi connectivity index (χ1v) is 19.3. The summed E-state index contributed by atoms with van der Waals surface area (Å²) < 4.78 is 31.5. The average molecular weight is 643 g/mol. The number of hydrogen-bond acceptors (Lipinski definition) is 2. The second-order valence-electron chi connectivity index (χ2n) is 15.2. The van der Waals surface area contributed by atoms with Crippen molar-refractivity contribution >= 4 is 0 Å². The van der Waals surface area contributed by atoms with Crippen LogP contribution in [0.5, 0.6) is 0 Å². The van der Waals surface area contributed by atoms with Crippen LogP contribution in [0.1, 0.15) is 170 Å². The molecule has 47 heavy (non-hydrogen) atoms. The van der Waals surface area contributed by atoms with Crippen LogP contribution in [0.4, 0.5) is 8.78 Å². The molecule has 0 radical (unpaired) electrons. The summed E-state index contributed by atoms with van der Waals surface area (Å²) in [6.07, 6.45) is 25.5. The molecule has 0 spiro atoms. The van der Waals surface area contributed by atoms with E-state index >= 15 is 8.78 Å². The zero-order chi connectivity index (χ0) is 33.4. The average Bonchev–Trinajstić information content (AvgIpc) is 3.09. The quantitative estimate of drug-likeness (QED) is 0.152. The monoisotopic (exact) mass is 642 g/mol. The van der Waals surface area contributed by atoms with Crippen LogP contribution in [0.25, 0.3) is 0 Å². The van der Waals surface area contributed by atoms with Crippen LogP contribution >= 0.6 is 0 Å². The molecule has 0 N–H and O–H groups in total. The third kappa shape index (κ3) is 11.4. The van der Waals surface area contributed by atoms with E-state index in [4.69, 9.17) is 0 Å². The van der Waals surface area contributed by atoms with Crippen molar-refractivity contribution in [3.63, 3.8) is 0 Å². The van der Waals surface area contributed by atoms with Gasteiger partial charge in [-0.15, -0.1) is 0 Å². The lowest BCUT2D eigenvalue weighted by atomic mass is 9.64. The van der Waals surface area contributed by atoms with Crippen molar-refractivity contribution in [3.05, 3.63) is 70.3 Å². The largest absolute Gasteiger partial charge is 0.207 e. The molecule has 2 aliphatic carbocycles. The molecule has 0 amide bonds. The van der Waals surface area contributed by atoms with Gasteiger partial charge in [0.25, 0.3) is 0 Å². The van der Waals surface area contributed by atoms with E-state index in [1.54, 1.807) is 18.2 Å². The van der Waals surface area contributed by atoms with Gasteiger partial charge in [0.15, 0.2) is 0 Å². The molecule has 2 unspecified atom stereocenters. The van der Waals surface area contributed by atoms with Crippen LogP contribution in [0.15, 0.2) is 36.4 Å². The van der Waals surface area contributed by atoms with Crippen LogP contribution in [-0.2, 0) is 6.42 Å². The molecule has 4 rings (SSSR count). The van der Waals surface area contributed by atoms with Gasteiger partial charge in [-0.2, -0.15) is 10.5 Å². The molecule has 2 aliphatic rings. The fraction of sp³-hybridized carbons (Fsp3) is 0.674. The first-order chi connectivity index (χ1) is 22.9. The topological polar surface area (TPSA) is 47.6 Å². The van der Waals surface area contributed by atoms with Gasteiger partial charge in [-0.1, -0.05) is 135 Å². The Kier molecular flexibility index (Phi) is 15.7. The maximum atomic E-state index is 16.0. The van der Waals surface area contributed by atoms with E-state index in [0.29, 0.717) is 40.5 Å². The van der Waals surface area contributed by atoms with E-state index in [1.807, 2.05) is 6.07 Å². The maximum Gasteiger partial charge on any atom is 0.128 e. The molecule has 2 aromatic rings. The van der Waals surface area contributed by atoms with Gasteiger partial charge in [0, 0.05) is 0 Å². The van der Waals surface area contributed by atoms with E-state index in [-0.39, 0.29) is 23.5 Å². The van der Waals surface area contributed by atoms with Crippen LogP contribution in [0.3, 0.4) is 0 Å². The Morgan fingerprint density at radius 3 is 1.70 bits per heavy atom. The summed E-state index contributed by atoms with van der Waals surface area (Å²) in [4.78, 5) is 0. The van der Waals surface area contributed by atoms with Crippen molar-refractivity contribution in [1.29, 1.82) is 10.5 Å². The minimum atomic E-state index is -0.322. The molecule has 0 heterocycles. The molecule has 256 valence electrons. The van der Waals surface area contributed by atoms with Gasteiger partial charge >= 0.3 is 0 Å². The summed E-state index contributed by atoms with van der Waals surface area (Å²) >= 11 is 0. The molecule has 2 fully saturated rings. The first kappa shape index (κ1) is 37.1. The highest BCUT2D eigenvalue weighted by Gasteiger charge is 2.37. The van der Waals surface area contributed by atoms with E-state index < -0.39 is 0 Å². The number of benzene rings is 2. The lowest BCUT2D eigenvalue weighted by Crippen LogP contribution is -2.31. The molecule has 2 saturated carbocycles. The Bertz CT molecular complexity index is 1290. The van der Waals surface area contributed by atoms with Crippen molar-refractivity contribution < 1.29 is 8.78 Å². The molecule has 0 aromatic heterocycles. The standard InChI is InChI=1S/C43H60F2N2/c1-3-5-7-9-11-13-32-14-16-34(17-15-32)26-41(39-25-21-36(31-47)28-43(39)45)40(29-38-24-20-35(30-46)27-42(38)44)37-22-18-33(19-23-37)12-10-8-6-4-2/h20-21,24-25,27-28,32-34,37,40-41H,3-19,22-23,26,29H2,1-2H3. The molecular weight excluding hydrogens is 582 g/mol. The smallest absolute Gasteiger partial charge is 0.128 e. The van der Waals surface area contributed by atoms with Crippen molar-refractivity contribution in [2.45, 2.75) is 155 Å². The molecule has 2 aromatic carbocycles. The Labute approximate surface area is 285 Å². The molecule has 0 aliphatic heterocycles. The van der Waals surface area contributed by atoms with Gasteiger partial charge < -0.3 is 0 Å². The minimum absolute atomic E-state index is 0.0283. The highest BCUT2D eigenvalue weighted by molar-refractivity contribution is 5.36. The number of hydrogen-bond donors (Lipinski definition) is 0. The summed E-state index contributed by atoms with van der Waals surface area (Å²) in [5.41, 5.74) is 2.04. The highest BCUT2D eigenvalue weighted by atomic mass is 19.1. The summed E-state index contributed by atoms with van der Waals surface area (Å²) in [6, 6.07) is 14.1. The SMILES string of the molecule is CCCCCCCC1CCC(CC(c2ccc(C#N)cc2F)C(Cc2ccc(C#N)cc2F)C2CCC(CCCCCC)CC2)CC1. The van der Waals surface area contributed by atoms with Crippen LogP contribution < -0.4 is 0 Å². The van der Waals surface area contributed by atoms with Crippen molar-refractivity contribution in [1.82, 2.24) is 0 Å². The summed E-state index contributed by atoms with van der Waals surface area (Å²) in [6.45, 7) is 4.53. The second kappa shape index (κ2) is 19.9. The Hall–Kier alpha value is -2.72. The van der Waals surface area contributed by atoms with Crippen molar-refractivity contribution in [2.75, 3.05) is 0 Å². The van der Waals surface area contributed by atoms with Gasteiger partial charge in [-0.3, -0.25) is 0 Å². The maximum absolute atomic E-state index is 16.0. The summed E-state index contributed by atoms with van der Waals surface area (Å²) in [7, 11) is 0. The van der Waals surface area contributed by atoms with Gasteiger partial charge in [-0.25, -0.2) is 8.78 Å². The third-order valence-electron chi connectivity index (χ3n) is 11.9. The number of unbranched alkanes of at least 4 members (excludes halogenated alkanes) is 7. The fourth-order valence-electron chi connectivity index (χ4n) is 9.02. The summed E-state index contributed by atoms with van der Waals surface area (Å²) in [5.74, 6) is 1.98. The lowest BCUT2D eigenvalue weighted by molar-refractivity contribution is 0.148. The molecule has 2 atom stereocenters. The predicted octanol–water partition coefficient (Wildman–Crippen LogP) is 13.0. The van der Waals surface area contributed by atoms with Crippen molar-refractivity contribution in [2.24, 2.45) is 29.6 Å². The van der Waals surface area contributed by atoms with Crippen molar-refractivity contribution in [3.8, 4) is 12.1 Å². The van der Waals surface area contributed by atoms with Crippen LogP contribution in [0.2, 0.25) is 0 Å². The third-order valence-corrected chi connectivity index (χ3v) is 11.9. The molecule has 0 saturated heterocycles. The Morgan fingerprint density at radius 1 is 0.638 bits per heavy atom. The Morgan fingerprint density at radius 2 is 1.15 bits per heavy atom. The Balaban J connectivity index is 1.56. The number of nitrogens with zero attached hydrogens (tertiary/aromatic N) is 2. The van der Waals surface area contributed by atoms with E-state index in [9.17, 15) is 10.5 Å².